The second-order valence-corrected chi connectivity index (χ2v) is 9.43. The highest BCUT2D eigenvalue weighted by atomic mass is 35.5. The van der Waals surface area contributed by atoms with E-state index in [0.717, 1.165) is 31.6 Å². The molecule has 1 aliphatic rings. The van der Waals surface area contributed by atoms with Crippen LogP contribution in [0.5, 0.6) is 0 Å². The van der Waals surface area contributed by atoms with Crippen LogP contribution in [0.1, 0.15) is 28.1 Å². The molecule has 27 heavy (non-hydrogen) atoms. The Morgan fingerprint density at radius 1 is 0.815 bits per heavy atom. The summed E-state index contributed by atoms with van der Waals surface area (Å²) in [4.78, 5) is 0.142. The number of nitrogens with zero attached hydrogens (tertiary/aromatic N) is 1. The number of fused-ring (bicyclic) bond motifs is 3. The van der Waals surface area contributed by atoms with Gasteiger partial charge in [0.05, 0.1) is 16.3 Å². The lowest BCUT2D eigenvalue weighted by molar-refractivity contribution is 0.445. The SMILES string of the molecule is Cc1ccc(S(=O)(=O)N(Cl)[C@@H]2c3ccccc3-c3ccccc3[C@H]2Cl)cc1. The van der Waals surface area contributed by atoms with Crippen LogP contribution in [-0.4, -0.2) is 12.2 Å². The zero-order chi connectivity index (χ0) is 19.2. The van der Waals surface area contributed by atoms with Gasteiger partial charge in [0.2, 0.25) is 0 Å². The molecule has 0 saturated carbocycles. The molecule has 6 heteroatoms. The molecule has 0 heterocycles. The Morgan fingerprint density at radius 3 is 1.96 bits per heavy atom. The number of hydrogen-bond donors (Lipinski definition) is 0. The smallest absolute Gasteiger partial charge is 0.206 e. The zero-order valence-corrected chi connectivity index (χ0v) is 16.8. The van der Waals surface area contributed by atoms with Gasteiger partial charge in [-0.1, -0.05) is 66.2 Å². The van der Waals surface area contributed by atoms with Crippen molar-refractivity contribution in [2.75, 3.05) is 0 Å². The number of halogens is 2. The van der Waals surface area contributed by atoms with Crippen LogP contribution in [0.4, 0.5) is 0 Å². The third-order valence-corrected chi connectivity index (χ3v) is 7.66. The number of rotatable bonds is 3. The largest absolute Gasteiger partial charge is 0.257 e. The molecular formula is C21H17Cl2NO2S. The molecule has 3 aromatic rings. The van der Waals surface area contributed by atoms with Gasteiger partial charge in [0.1, 0.15) is 0 Å². The van der Waals surface area contributed by atoms with Crippen LogP contribution in [0.2, 0.25) is 0 Å². The predicted molar refractivity (Wildman–Crippen MR) is 109 cm³/mol. The fourth-order valence-corrected chi connectivity index (χ4v) is 5.72. The molecule has 0 amide bonds. The van der Waals surface area contributed by atoms with Crippen LogP contribution >= 0.6 is 23.4 Å². The van der Waals surface area contributed by atoms with Crippen molar-refractivity contribution in [3.63, 3.8) is 0 Å². The molecule has 0 unspecified atom stereocenters. The first-order chi connectivity index (χ1) is 12.9. The summed E-state index contributed by atoms with van der Waals surface area (Å²) in [6.45, 7) is 1.90. The minimum absolute atomic E-state index is 0.142. The molecule has 138 valence electrons. The van der Waals surface area contributed by atoms with Crippen LogP contribution in [0.3, 0.4) is 0 Å². The summed E-state index contributed by atoms with van der Waals surface area (Å²) in [5, 5.41) is -0.603. The number of hydrogen-bond acceptors (Lipinski definition) is 2. The maximum Gasteiger partial charge on any atom is 0.257 e. The van der Waals surface area contributed by atoms with Crippen molar-refractivity contribution in [1.29, 1.82) is 0 Å². The number of aryl methyl sites for hydroxylation is 1. The van der Waals surface area contributed by atoms with Crippen molar-refractivity contribution in [3.05, 3.63) is 89.5 Å². The van der Waals surface area contributed by atoms with Crippen LogP contribution in [0.15, 0.2) is 77.7 Å². The minimum atomic E-state index is -3.92. The molecule has 0 bridgehead atoms. The Kier molecular flexibility index (Phi) is 4.77. The average molecular weight is 418 g/mol. The summed E-state index contributed by atoms with van der Waals surface area (Å²) in [5.41, 5.74) is 4.58. The molecule has 3 aromatic carbocycles. The van der Waals surface area contributed by atoms with Crippen LogP contribution in [-0.2, 0) is 10.0 Å². The van der Waals surface area contributed by atoms with E-state index in [-0.39, 0.29) is 4.90 Å². The van der Waals surface area contributed by atoms with Gasteiger partial charge in [-0.15, -0.1) is 15.4 Å². The number of sulfonamides is 1. The van der Waals surface area contributed by atoms with E-state index in [1.165, 1.54) is 0 Å². The molecule has 1 aliphatic carbocycles. The van der Waals surface area contributed by atoms with E-state index in [9.17, 15) is 8.42 Å². The highest BCUT2D eigenvalue weighted by molar-refractivity contribution is 7.90. The third kappa shape index (κ3) is 3.07. The summed E-state index contributed by atoms with van der Waals surface area (Å²) < 4.78 is 27.2. The lowest BCUT2D eigenvalue weighted by Crippen LogP contribution is -2.31. The Hall–Kier alpha value is -1.85. The van der Waals surface area contributed by atoms with Crippen molar-refractivity contribution in [2.24, 2.45) is 0 Å². The first-order valence-electron chi connectivity index (χ1n) is 8.50. The van der Waals surface area contributed by atoms with E-state index in [2.05, 4.69) is 0 Å². The van der Waals surface area contributed by atoms with Gasteiger partial charge in [-0.25, -0.2) is 8.42 Å². The van der Waals surface area contributed by atoms with Crippen LogP contribution in [0.25, 0.3) is 11.1 Å². The molecule has 0 N–H and O–H groups in total. The maximum atomic E-state index is 13.1. The first kappa shape index (κ1) is 18.5. The second-order valence-electron chi connectivity index (χ2n) is 6.58. The number of benzene rings is 3. The quantitative estimate of drug-likeness (QED) is 0.396. The molecule has 0 spiro atoms. The van der Waals surface area contributed by atoms with Crippen molar-refractivity contribution in [2.45, 2.75) is 23.2 Å². The lowest BCUT2D eigenvalue weighted by atomic mass is 9.82. The Morgan fingerprint density at radius 2 is 1.33 bits per heavy atom. The van der Waals surface area contributed by atoms with Crippen LogP contribution < -0.4 is 0 Å². The van der Waals surface area contributed by atoms with Crippen LogP contribution in [0, 0.1) is 6.92 Å². The van der Waals surface area contributed by atoms with E-state index in [1.54, 1.807) is 24.3 Å². The van der Waals surface area contributed by atoms with Gasteiger partial charge in [0, 0.05) is 0 Å². The van der Waals surface area contributed by atoms with Gasteiger partial charge in [0.25, 0.3) is 10.0 Å². The van der Waals surface area contributed by atoms with Crippen molar-refractivity contribution in [3.8, 4) is 11.1 Å². The monoisotopic (exact) mass is 417 g/mol. The average Bonchev–Trinajstić information content (AvgIpc) is 2.68. The third-order valence-electron chi connectivity index (χ3n) is 4.87. The molecule has 0 saturated heterocycles. The number of alkyl halides is 1. The molecule has 0 aliphatic heterocycles. The molecule has 0 radical (unpaired) electrons. The predicted octanol–water partition coefficient (Wildman–Crippen LogP) is 5.84. The second kappa shape index (κ2) is 6.95. The summed E-state index contributed by atoms with van der Waals surface area (Å²) in [5.74, 6) is 0. The molecule has 0 fully saturated rings. The lowest BCUT2D eigenvalue weighted by Gasteiger charge is -2.35. The highest BCUT2D eigenvalue weighted by Gasteiger charge is 2.41. The van der Waals surface area contributed by atoms with Crippen molar-refractivity contribution in [1.82, 2.24) is 3.82 Å². The van der Waals surface area contributed by atoms with E-state index in [0.29, 0.717) is 0 Å². The van der Waals surface area contributed by atoms with Crippen molar-refractivity contribution >= 4 is 33.4 Å². The van der Waals surface area contributed by atoms with E-state index in [1.807, 2.05) is 55.5 Å². The van der Waals surface area contributed by atoms with Gasteiger partial charge < -0.3 is 0 Å². The Balaban J connectivity index is 1.85. The minimum Gasteiger partial charge on any atom is -0.206 e. The molecule has 0 aromatic heterocycles. The standard InChI is InChI=1S/C21H17Cl2NO2S/c1-14-10-12-15(13-11-14)27(25,26)24(23)21-19-9-5-3-7-17(19)16-6-2-4-8-18(16)20(21)22/h2-13,20-21H,1H3/t20-,21-/m1/s1. The van der Waals surface area contributed by atoms with Gasteiger partial charge in [-0.3, -0.25) is 0 Å². The first-order valence-corrected chi connectivity index (χ1v) is 10.7. The van der Waals surface area contributed by atoms with Gasteiger partial charge in [0.15, 0.2) is 0 Å². The maximum absolute atomic E-state index is 13.1. The fraction of sp³-hybridized carbons (Fsp3) is 0.143. The summed E-state index contributed by atoms with van der Waals surface area (Å²) in [6, 6.07) is 21.3. The molecule has 3 nitrogen and oxygen atoms in total. The Labute approximate surface area is 169 Å². The zero-order valence-electron chi connectivity index (χ0n) is 14.5. The molecule has 2 atom stereocenters. The van der Waals surface area contributed by atoms with Gasteiger partial charge in [-0.2, -0.15) is 0 Å². The summed E-state index contributed by atoms with van der Waals surface area (Å²) >= 11 is 13.2. The fourth-order valence-electron chi connectivity index (χ4n) is 3.48. The van der Waals surface area contributed by atoms with E-state index in [4.69, 9.17) is 23.4 Å². The summed E-state index contributed by atoms with van der Waals surface area (Å²) in [7, 11) is -3.92. The normalized spacial score (nSPS) is 18.8. The Bertz CT molecular complexity index is 1100. The van der Waals surface area contributed by atoms with Crippen molar-refractivity contribution < 1.29 is 8.42 Å². The van der Waals surface area contributed by atoms with Gasteiger partial charge >= 0.3 is 0 Å². The van der Waals surface area contributed by atoms with E-state index < -0.39 is 21.4 Å². The molecule has 4 rings (SSSR count). The molecular weight excluding hydrogens is 401 g/mol. The van der Waals surface area contributed by atoms with Gasteiger partial charge in [-0.05, 0) is 53.1 Å². The summed E-state index contributed by atoms with van der Waals surface area (Å²) in [6.07, 6.45) is 0. The highest BCUT2D eigenvalue weighted by Crippen LogP contribution is 2.51. The topological polar surface area (TPSA) is 37.4 Å². The van der Waals surface area contributed by atoms with E-state index >= 15 is 0 Å².